The van der Waals surface area contributed by atoms with Crippen LogP contribution in [0.2, 0.25) is 0 Å². The molecule has 0 bridgehead atoms. The molecule has 6 heteroatoms. The minimum atomic E-state index is -0.711. The van der Waals surface area contributed by atoms with Crippen LogP contribution in [0.25, 0.3) is 10.2 Å². The van der Waals surface area contributed by atoms with E-state index < -0.39 is 5.97 Å². The number of hydrogen-bond donors (Lipinski definition) is 1. The Morgan fingerprint density at radius 3 is 3.16 bits per heavy atom. The predicted molar refractivity (Wildman–Crippen MR) is 74.7 cm³/mol. The van der Waals surface area contributed by atoms with Crippen molar-refractivity contribution in [1.29, 1.82) is 0 Å². The molecule has 0 saturated carbocycles. The molecule has 5 nitrogen and oxygen atoms in total. The molecule has 19 heavy (non-hydrogen) atoms. The summed E-state index contributed by atoms with van der Waals surface area (Å²) in [7, 11) is 0. The highest BCUT2D eigenvalue weighted by Gasteiger charge is 2.27. The summed E-state index contributed by atoms with van der Waals surface area (Å²) < 4.78 is 0. The van der Waals surface area contributed by atoms with Gasteiger partial charge in [0.1, 0.15) is 17.0 Å². The molecular formula is C13H15N3O2S. The largest absolute Gasteiger partial charge is 0.481 e. The average Bonchev–Trinajstić information content (AvgIpc) is 2.81. The van der Waals surface area contributed by atoms with E-state index in [1.54, 1.807) is 17.7 Å². The van der Waals surface area contributed by atoms with Gasteiger partial charge >= 0.3 is 5.97 Å². The van der Waals surface area contributed by atoms with Crippen LogP contribution >= 0.6 is 11.3 Å². The fraction of sp³-hybridized carbons (Fsp3) is 0.462. The lowest BCUT2D eigenvalue weighted by molar-refractivity contribution is -0.141. The Morgan fingerprint density at radius 2 is 2.37 bits per heavy atom. The fourth-order valence-corrected chi connectivity index (χ4v) is 3.49. The summed E-state index contributed by atoms with van der Waals surface area (Å²) in [5.74, 6) is -0.121. The second kappa shape index (κ2) is 4.77. The minimum Gasteiger partial charge on any atom is -0.481 e. The highest BCUT2D eigenvalue weighted by Crippen LogP contribution is 2.32. The number of aryl methyl sites for hydroxylation is 1. The zero-order valence-electron chi connectivity index (χ0n) is 10.7. The maximum atomic E-state index is 11.2. The number of fused-ring (bicyclic) bond motifs is 1. The molecule has 3 rings (SSSR count). The summed E-state index contributed by atoms with van der Waals surface area (Å²) in [6.45, 7) is 3.45. The standard InChI is InChI=1S/C13H15N3O2S/c1-8-6-19-12-10(8)11(14-7-15-12)16-4-2-3-9(5-16)13(17)18/h6-7,9H,2-5H2,1H3,(H,17,18). The van der Waals surface area contributed by atoms with E-state index in [-0.39, 0.29) is 5.92 Å². The molecule has 3 heterocycles. The van der Waals surface area contributed by atoms with Gasteiger partial charge in [-0.05, 0) is 30.7 Å². The first kappa shape index (κ1) is 12.3. The molecule has 0 spiro atoms. The molecule has 0 aliphatic carbocycles. The first-order valence-electron chi connectivity index (χ1n) is 6.33. The van der Waals surface area contributed by atoms with Crippen molar-refractivity contribution >= 4 is 33.3 Å². The molecule has 1 unspecified atom stereocenters. The van der Waals surface area contributed by atoms with Gasteiger partial charge in [0.15, 0.2) is 0 Å². The minimum absolute atomic E-state index is 0.294. The van der Waals surface area contributed by atoms with Gasteiger partial charge < -0.3 is 10.0 Å². The number of anilines is 1. The Kier molecular flexibility index (Phi) is 3.10. The number of hydrogen-bond acceptors (Lipinski definition) is 5. The van der Waals surface area contributed by atoms with Crippen LogP contribution in [0.1, 0.15) is 18.4 Å². The topological polar surface area (TPSA) is 66.3 Å². The maximum absolute atomic E-state index is 11.2. The molecule has 2 aromatic rings. The quantitative estimate of drug-likeness (QED) is 0.912. The molecule has 0 aromatic carbocycles. The highest BCUT2D eigenvalue weighted by molar-refractivity contribution is 7.17. The van der Waals surface area contributed by atoms with Crippen molar-refractivity contribution in [3.63, 3.8) is 0 Å². The van der Waals surface area contributed by atoms with Gasteiger partial charge in [0.05, 0.1) is 11.3 Å². The van der Waals surface area contributed by atoms with E-state index in [4.69, 9.17) is 0 Å². The molecule has 1 fully saturated rings. The smallest absolute Gasteiger partial charge is 0.308 e. The molecule has 0 amide bonds. The zero-order valence-corrected chi connectivity index (χ0v) is 11.5. The van der Waals surface area contributed by atoms with Gasteiger partial charge in [0.25, 0.3) is 0 Å². The van der Waals surface area contributed by atoms with Crippen LogP contribution in [0.3, 0.4) is 0 Å². The molecule has 2 aromatic heterocycles. The van der Waals surface area contributed by atoms with Crippen molar-refractivity contribution in [3.05, 3.63) is 17.3 Å². The number of rotatable bonds is 2. The maximum Gasteiger partial charge on any atom is 0.308 e. The van der Waals surface area contributed by atoms with E-state index >= 15 is 0 Å². The Labute approximate surface area is 114 Å². The fourth-order valence-electron chi connectivity index (χ4n) is 2.61. The van der Waals surface area contributed by atoms with Gasteiger partial charge in [0, 0.05) is 13.1 Å². The molecule has 1 saturated heterocycles. The molecule has 100 valence electrons. The first-order chi connectivity index (χ1) is 9.16. The second-order valence-corrected chi connectivity index (χ2v) is 5.78. The van der Waals surface area contributed by atoms with Crippen LogP contribution in [0, 0.1) is 12.8 Å². The van der Waals surface area contributed by atoms with Gasteiger partial charge in [-0.3, -0.25) is 4.79 Å². The molecule has 1 aliphatic heterocycles. The zero-order chi connectivity index (χ0) is 13.4. The summed E-state index contributed by atoms with van der Waals surface area (Å²) in [5, 5.41) is 12.3. The average molecular weight is 277 g/mol. The van der Waals surface area contributed by atoms with Crippen molar-refractivity contribution in [2.75, 3.05) is 18.0 Å². The van der Waals surface area contributed by atoms with Crippen molar-refractivity contribution in [3.8, 4) is 0 Å². The van der Waals surface area contributed by atoms with Gasteiger partial charge in [-0.25, -0.2) is 9.97 Å². The summed E-state index contributed by atoms with van der Waals surface area (Å²) >= 11 is 1.61. The SMILES string of the molecule is Cc1csc2ncnc(N3CCCC(C(=O)O)C3)c12. The van der Waals surface area contributed by atoms with Crippen LogP contribution in [-0.4, -0.2) is 34.1 Å². The normalized spacial score (nSPS) is 19.8. The number of aromatic nitrogens is 2. The van der Waals surface area contributed by atoms with Gasteiger partial charge in [-0.15, -0.1) is 11.3 Å². The lowest BCUT2D eigenvalue weighted by atomic mass is 9.98. The number of thiophene rings is 1. The van der Waals surface area contributed by atoms with Crippen LogP contribution in [0.4, 0.5) is 5.82 Å². The number of nitrogens with zero attached hydrogens (tertiary/aromatic N) is 3. The van der Waals surface area contributed by atoms with Gasteiger partial charge in [-0.1, -0.05) is 0 Å². The molecule has 0 radical (unpaired) electrons. The van der Waals surface area contributed by atoms with E-state index in [9.17, 15) is 9.90 Å². The van der Waals surface area contributed by atoms with E-state index in [0.29, 0.717) is 6.54 Å². The Hall–Kier alpha value is -1.69. The molecule has 1 aliphatic rings. The van der Waals surface area contributed by atoms with Gasteiger partial charge in [0.2, 0.25) is 0 Å². The van der Waals surface area contributed by atoms with Crippen LogP contribution in [0.5, 0.6) is 0 Å². The second-order valence-electron chi connectivity index (χ2n) is 4.92. The lowest BCUT2D eigenvalue weighted by Gasteiger charge is -2.32. The first-order valence-corrected chi connectivity index (χ1v) is 7.21. The third-order valence-corrected chi connectivity index (χ3v) is 4.61. The van der Waals surface area contributed by atoms with Crippen LogP contribution in [-0.2, 0) is 4.79 Å². The van der Waals surface area contributed by atoms with Crippen LogP contribution in [0.15, 0.2) is 11.7 Å². The molecular weight excluding hydrogens is 262 g/mol. The summed E-state index contributed by atoms with van der Waals surface area (Å²) in [6.07, 6.45) is 3.21. The number of piperidine rings is 1. The van der Waals surface area contributed by atoms with Gasteiger partial charge in [-0.2, -0.15) is 0 Å². The summed E-state index contributed by atoms with van der Waals surface area (Å²) in [6, 6.07) is 0. The molecule has 1 N–H and O–H groups in total. The monoisotopic (exact) mass is 277 g/mol. The Morgan fingerprint density at radius 1 is 1.53 bits per heavy atom. The third kappa shape index (κ3) is 2.16. The number of aliphatic carboxylic acids is 1. The van der Waals surface area contributed by atoms with Crippen molar-refractivity contribution in [2.45, 2.75) is 19.8 Å². The Bertz CT molecular complexity index is 625. The number of carboxylic acids is 1. The highest BCUT2D eigenvalue weighted by atomic mass is 32.1. The van der Waals surface area contributed by atoms with E-state index in [1.807, 2.05) is 6.92 Å². The summed E-state index contributed by atoms with van der Waals surface area (Å²) in [4.78, 5) is 22.9. The molecule has 1 atom stereocenters. The lowest BCUT2D eigenvalue weighted by Crippen LogP contribution is -2.39. The number of carbonyl (C=O) groups is 1. The predicted octanol–water partition coefficient (Wildman–Crippen LogP) is 2.30. The van der Waals surface area contributed by atoms with E-state index in [2.05, 4.69) is 20.2 Å². The number of carboxylic acid groups (broad SMARTS) is 1. The van der Waals surface area contributed by atoms with Crippen molar-refractivity contribution < 1.29 is 9.90 Å². The third-order valence-electron chi connectivity index (χ3n) is 3.60. The van der Waals surface area contributed by atoms with Crippen LogP contribution < -0.4 is 4.90 Å². The van der Waals surface area contributed by atoms with E-state index in [1.165, 1.54) is 0 Å². The van der Waals surface area contributed by atoms with Crippen molar-refractivity contribution in [2.24, 2.45) is 5.92 Å². The Balaban J connectivity index is 1.99. The van der Waals surface area contributed by atoms with Crippen molar-refractivity contribution in [1.82, 2.24) is 9.97 Å². The van der Waals surface area contributed by atoms with E-state index in [0.717, 1.165) is 41.0 Å². The summed E-state index contributed by atoms with van der Waals surface area (Å²) in [5.41, 5.74) is 1.16.